The number of hydrogen-bond acceptors (Lipinski definition) is 3. The smallest absolute Gasteiger partial charge is 0.211 e. The lowest BCUT2D eigenvalue weighted by atomic mass is 10.2. The highest BCUT2D eigenvalue weighted by molar-refractivity contribution is 14.0. The van der Waals surface area contributed by atoms with E-state index >= 15 is 0 Å². The van der Waals surface area contributed by atoms with E-state index in [0.29, 0.717) is 12.5 Å². The second kappa shape index (κ2) is 10.7. The van der Waals surface area contributed by atoms with Crippen molar-refractivity contribution < 1.29 is 17.2 Å². The lowest BCUT2D eigenvalue weighted by Crippen LogP contribution is -2.41. The molecule has 0 aliphatic rings. The number of benzene rings is 1. The molecule has 10 heteroatoms. The predicted molar refractivity (Wildman–Crippen MR) is 97.4 cm³/mol. The summed E-state index contributed by atoms with van der Waals surface area (Å²) >= 11 is 0. The number of rotatable bonds is 7. The summed E-state index contributed by atoms with van der Waals surface area (Å²) in [5.41, 5.74) is 0.176. The van der Waals surface area contributed by atoms with E-state index in [4.69, 9.17) is 0 Å². The van der Waals surface area contributed by atoms with Crippen molar-refractivity contribution in [3.05, 3.63) is 35.4 Å². The quantitative estimate of drug-likeness (QED) is 0.246. The first-order valence-electron chi connectivity index (χ1n) is 6.73. The molecule has 0 spiro atoms. The van der Waals surface area contributed by atoms with Gasteiger partial charge in [0.2, 0.25) is 10.0 Å². The van der Waals surface area contributed by atoms with E-state index in [-0.39, 0.29) is 48.4 Å². The van der Waals surface area contributed by atoms with E-state index < -0.39 is 21.7 Å². The van der Waals surface area contributed by atoms with Crippen LogP contribution in [0, 0.1) is 11.6 Å². The summed E-state index contributed by atoms with van der Waals surface area (Å²) in [5.74, 6) is -0.659. The van der Waals surface area contributed by atoms with Gasteiger partial charge in [-0.15, -0.1) is 24.0 Å². The van der Waals surface area contributed by atoms with Crippen LogP contribution in [-0.4, -0.2) is 40.3 Å². The van der Waals surface area contributed by atoms with E-state index in [1.165, 1.54) is 7.05 Å². The summed E-state index contributed by atoms with van der Waals surface area (Å²) in [6, 6.07) is 3.21. The molecule has 0 radical (unpaired) electrons. The average molecular weight is 462 g/mol. The molecule has 0 saturated carbocycles. The second-order valence-corrected chi connectivity index (χ2v) is 6.48. The van der Waals surface area contributed by atoms with Crippen LogP contribution in [0.5, 0.6) is 0 Å². The summed E-state index contributed by atoms with van der Waals surface area (Å²) in [6.07, 6.45) is 0. The second-order valence-electron chi connectivity index (χ2n) is 4.39. The Bertz CT molecular complexity index is 626. The first kappa shape index (κ1) is 22.0. The molecule has 0 atom stereocenters. The molecule has 0 aliphatic carbocycles. The minimum Gasteiger partial charge on any atom is -0.355 e. The lowest BCUT2D eigenvalue weighted by Gasteiger charge is -2.12. The molecule has 23 heavy (non-hydrogen) atoms. The Balaban J connectivity index is 0.00000484. The van der Waals surface area contributed by atoms with Gasteiger partial charge in [-0.05, 0) is 25.1 Å². The normalized spacial score (nSPS) is 11.7. The van der Waals surface area contributed by atoms with Crippen molar-refractivity contribution in [1.29, 1.82) is 0 Å². The summed E-state index contributed by atoms with van der Waals surface area (Å²) in [4.78, 5) is 3.91. The van der Waals surface area contributed by atoms with Crippen LogP contribution in [0.2, 0.25) is 0 Å². The monoisotopic (exact) mass is 462 g/mol. The number of nitrogens with zero attached hydrogens (tertiary/aromatic N) is 1. The van der Waals surface area contributed by atoms with Gasteiger partial charge in [-0.3, -0.25) is 4.99 Å². The van der Waals surface area contributed by atoms with Gasteiger partial charge in [0.15, 0.2) is 5.96 Å². The third-order valence-corrected chi connectivity index (χ3v) is 4.20. The SMILES string of the molecule is CCS(=O)(=O)NCCNC(=NC)NCc1cc(F)ccc1F.I. The van der Waals surface area contributed by atoms with E-state index in [2.05, 4.69) is 20.3 Å². The summed E-state index contributed by atoms with van der Waals surface area (Å²) in [6.45, 7) is 2.11. The number of hydrogen-bond donors (Lipinski definition) is 3. The van der Waals surface area contributed by atoms with Gasteiger partial charge in [0.1, 0.15) is 11.6 Å². The van der Waals surface area contributed by atoms with Crippen molar-refractivity contribution in [1.82, 2.24) is 15.4 Å². The van der Waals surface area contributed by atoms with Gasteiger partial charge in [-0.1, -0.05) is 0 Å². The average Bonchev–Trinajstić information content (AvgIpc) is 2.49. The fourth-order valence-electron chi connectivity index (χ4n) is 1.57. The molecule has 0 amide bonds. The highest BCUT2D eigenvalue weighted by atomic mass is 127. The van der Waals surface area contributed by atoms with Crippen LogP contribution in [0.25, 0.3) is 0 Å². The number of sulfonamides is 1. The van der Waals surface area contributed by atoms with E-state index in [9.17, 15) is 17.2 Å². The van der Waals surface area contributed by atoms with Crippen molar-refractivity contribution in [2.75, 3.05) is 25.9 Å². The standard InChI is InChI=1S/C13H20F2N4O2S.HI/c1-3-22(20,21)19-7-6-17-13(16-2)18-9-10-8-11(14)4-5-12(10)15;/h4-5,8,19H,3,6-7,9H2,1-2H3,(H2,16,17,18);1H. The zero-order chi connectivity index (χ0) is 16.6. The van der Waals surface area contributed by atoms with E-state index in [1.807, 2.05) is 0 Å². The van der Waals surface area contributed by atoms with Crippen LogP contribution in [-0.2, 0) is 16.6 Å². The summed E-state index contributed by atoms with van der Waals surface area (Å²) in [7, 11) is -1.71. The zero-order valence-electron chi connectivity index (χ0n) is 12.9. The Morgan fingerprint density at radius 3 is 2.52 bits per heavy atom. The minimum absolute atomic E-state index is 0. The van der Waals surface area contributed by atoms with Gasteiger partial charge < -0.3 is 10.6 Å². The Morgan fingerprint density at radius 2 is 1.91 bits per heavy atom. The van der Waals surface area contributed by atoms with E-state index in [0.717, 1.165) is 18.2 Å². The molecule has 0 aliphatic heterocycles. The fourth-order valence-corrected chi connectivity index (χ4v) is 2.19. The molecule has 6 nitrogen and oxygen atoms in total. The number of aliphatic imine (C=N–C) groups is 1. The van der Waals surface area contributed by atoms with Gasteiger partial charge in [0.25, 0.3) is 0 Å². The maximum atomic E-state index is 13.5. The molecule has 3 N–H and O–H groups in total. The molecule has 1 aromatic carbocycles. The van der Waals surface area contributed by atoms with Crippen molar-refractivity contribution in [3.8, 4) is 0 Å². The maximum Gasteiger partial charge on any atom is 0.211 e. The summed E-state index contributed by atoms with van der Waals surface area (Å²) < 4.78 is 51.4. The highest BCUT2D eigenvalue weighted by Crippen LogP contribution is 2.08. The van der Waals surface area contributed by atoms with Gasteiger partial charge >= 0.3 is 0 Å². The van der Waals surface area contributed by atoms with Crippen LogP contribution in [0.3, 0.4) is 0 Å². The van der Waals surface area contributed by atoms with Crippen LogP contribution in [0.1, 0.15) is 12.5 Å². The molecule has 0 aromatic heterocycles. The molecule has 0 heterocycles. The molecule has 0 bridgehead atoms. The number of nitrogens with one attached hydrogen (secondary N) is 3. The molecule has 0 fully saturated rings. The molecule has 1 rings (SSSR count). The van der Waals surface area contributed by atoms with Crippen LogP contribution in [0.15, 0.2) is 23.2 Å². The van der Waals surface area contributed by atoms with Crippen molar-refractivity contribution >= 4 is 40.0 Å². The van der Waals surface area contributed by atoms with Crippen LogP contribution < -0.4 is 15.4 Å². The molecule has 0 saturated heterocycles. The van der Waals surface area contributed by atoms with Crippen molar-refractivity contribution in [3.63, 3.8) is 0 Å². The molecule has 1 aromatic rings. The van der Waals surface area contributed by atoms with Gasteiger partial charge in [0.05, 0.1) is 5.75 Å². The molecule has 0 unspecified atom stereocenters. The van der Waals surface area contributed by atoms with Gasteiger partial charge in [-0.2, -0.15) is 0 Å². The predicted octanol–water partition coefficient (Wildman–Crippen LogP) is 1.19. The summed E-state index contributed by atoms with van der Waals surface area (Å²) in [5, 5.41) is 5.69. The first-order valence-corrected chi connectivity index (χ1v) is 8.39. The Morgan fingerprint density at radius 1 is 1.22 bits per heavy atom. The fraction of sp³-hybridized carbons (Fsp3) is 0.462. The third kappa shape index (κ3) is 8.42. The topological polar surface area (TPSA) is 82.6 Å². The van der Waals surface area contributed by atoms with E-state index in [1.54, 1.807) is 6.92 Å². The number of guanidine groups is 1. The maximum absolute atomic E-state index is 13.5. The van der Waals surface area contributed by atoms with Gasteiger partial charge in [-0.25, -0.2) is 21.9 Å². The lowest BCUT2D eigenvalue weighted by molar-refractivity contribution is 0.579. The highest BCUT2D eigenvalue weighted by Gasteiger charge is 2.06. The van der Waals surface area contributed by atoms with Crippen molar-refractivity contribution in [2.24, 2.45) is 4.99 Å². The van der Waals surface area contributed by atoms with Crippen LogP contribution >= 0.6 is 24.0 Å². The number of halogens is 3. The molecule has 132 valence electrons. The Hall–Kier alpha value is -1.01. The Kier molecular flexibility index (Phi) is 10.2. The largest absolute Gasteiger partial charge is 0.355 e. The Labute approximate surface area is 152 Å². The molecular formula is C13H21F2IN4O2S. The van der Waals surface area contributed by atoms with Crippen molar-refractivity contribution in [2.45, 2.75) is 13.5 Å². The van der Waals surface area contributed by atoms with Crippen LogP contribution in [0.4, 0.5) is 8.78 Å². The third-order valence-electron chi connectivity index (χ3n) is 2.80. The molecular weight excluding hydrogens is 441 g/mol. The first-order chi connectivity index (χ1) is 10.4. The minimum atomic E-state index is -3.23. The van der Waals surface area contributed by atoms with Gasteiger partial charge in [0, 0.05) is 32.2 Å². The zero-order valence-corrected chi connectivity index (χ0v) is 16.0.